The quantitative estimate of drug-likeness (QED) is 0.827. The van der Waals surface area contributed by atoms with E-state index in [0.717, 1.165) is 0 Å². The first kappa shape index (κ1) is 20.9. The van der Waals surface area contributed by atoms with Crippen molar-refractivity contribution in [1.29, 1.82) is 0 Å². The number of hydrogen-bond donors (Lipinski definition) is 1. The van der Waals surface area contributed by atoms with E-state index < -0.39 is 6.04 Å². The lowest BCUT2D eigenvalue weighted by Gasteiger charge is -2.38. The van der Waals surface area contributed by atoms with E-state index in [9.17, 15) is 14.7 Å². The Hall–Kier alpha value is -2.87. The number of aryl methyl sites for hydroxylation is 1. The lowest BCUT2D eigenvalue weighted by molar-refractivity contribution is 0.0704. The number of nitrogens with zero attached hydrogens (tertiary/aromatic N) is 4. The van der Waals surface area contributed by atoms with E-state index in [1.54, 1.807) is 28.7 Å². The number of aromatic nitrogens is 2. The molecule has 0 aliphatic carbocycles. The maximum absolute atomic E-state index is 13.2. The van der Waals surface area contributed by atoms with Gasteiger partial charge in [0.25, 0.3) is 5.56 Å². The minimum absolute atomic E-state index is 0.0272. The van der Waals surface area contributed by atoms with Gasteiger partial charge >= 0.3 is 6.09 Å². The number of piperazine rings is 1. The first-order valence-corrected chi connectivity index (χ1v) is 9.97. The van der Waals surface area contributed by atoms with Crippen LogP contribution in [-0.4, -0.2) is 63.3 Å². The normalized spacial score (nSPS) is 15.9. The summed E-state index contributed by atoms with van der Waals surface area (Å²) in [5.41, 5.74) is 1.51. The van der Waals surface area contributed by atoms with Gasteiger partial charge in [0, 0.05) is 44.6 Å². The average molecular weight is 400 g/mol. The molecule has 0 radical (unpaired) electrons. The molecule has 1 atom stereocenters. The van der Waals surface area contributed by atoms with Crippen LogP contribution in [0, 0.1) is 6.92 Å². The largest absolute Gasteiger partial charge is 0.507 e. The third kappa shape index (κ3) is 4.27. The van der Waals surface area contributed by atoms with Crippen LogP contribution in [0.15, 0.2) is 35.3 Å². The van der Waals surface area contributed by atoms with Gasteiger partial charge in [-0.2, -0.15) is 0 Å². The van der Waals surface area contributed by atoms with Gasteiger partial charge in [0.05, 0.1) is 23.9 Å². The Labute approximate surface area is 170 Å². The molecule has 1 amide bonds. The van der Waals surface area contributed by atoms with Crippen LogP contribution < -0.4 is 5.56 Å². The molecule has 2 aromatic rings. The molecule has 8 heteroatoms. The highest BCUT2D eigenvalue weighted by molar-refractivity contribution is 5.67. The molecule has 1 N–H and O–H groups in total. The molecule has 1 aliphatic heterocycles. The van der Waals surface area contributed by atoms with E-state index in [2.05, 4.69) is 9.88 Å². The van der Waals surface area contributed by atoms with Gasteiger partial charge in [-0.1, -0.05) is 6.07 Å². The topological polar surface area (TPSA) is 87.9 Å². The summed E-state index contributed by atoms with van der Waals surface area (Å²) in [7, 11) is 0. The Morgan fingerprint density at radius 3 is 2.55 bits per heavy atom. The molecule has 0 bridgehead atoms. The maximum atomic E-state index is 13.2. The second kappa shape index (κ2) is 9.09. The molecule has 156 valence electrons. The fraction of sp³-hybridized carbons (Fsp3) is 0.476. The molecule has 8 nitrogen and oxygen atoms in total. The summed E-state index contributed by atoms with van der Waals surface area (Å²) < 4.78 is 6.74. The standard InChI is InChI=1S/C21H28N4O4/c1-4-25-15(3)14-17(26)18(20(25)27)19(16-8-6-7-9-22-16)23-10-12-24(13-11-23)21(28)29-5-2/h6-9,14,19,26H,4-5,10-13H2,1-3H3/t19-/m0/s1. The molecule has 3 heterocycles. The molecule has 1 saturated heterocycles. The zero-order valence-corrected chi connectivity index (χ0v) is 17.2. The van der Waals surface area contributed by atoms with Gasteiger partial charge in [0.1, 0.15) is 5.75 Å². The fourth-order valence-corrected chi connectivity index (χ4v) is 3.85. The monoisotopic (exact) mass is 400 g/mol. The van der Waals surface area contributed by atoms with E-state index in [1.807, 2.05) is 32.0 Å². The molecule has 0 aromatic carbocycles. The zero-order valence-electron chi connectivity index (χ0n) is 17.2. The number of carbonyl (C=O) groups is 1. The summed E-state index contributed by atoms with van der Waals surface area (Å²) in [4.78, 5) is 33.5. The van der Waals surface area contributed by atoms with Crippen molar-refractivity contribution >= 4 is 6.09 Å². The van der Waals surface area contributed by atoms with E-state index in [0.29, 0.717) is 56.3 Å². The highest BCUT2D eigenvalue weighted by atomic mass is 16.6. The van der Waals surface area contributed by atoms with Gasteiger partial charge in [-0.15, -0.1) is 0 Å². The minimum atomic E-state index is -0.494. The minimum Gasteiger partial charge on any atom is -0.507 e. The predicted octanol–water partition coefficient (Wildman–Crippen LogP) is 2.14. The molecule has 1 fully saturated rings. The fourth-order valence-electron chi connectivity index (χ4n) is 3.85. The molecule has 0 saturated carbocycles. The summed E-state index contributed by atoms with van der Waals surface area (Å²) in [5, 5.41) is 10.7. The smallest absolute Gasteiger partial charge is 0.409 e. The van der Waals surface area contributed by atoms with Crippen LogP contribution in [0.3, 0.4) is 0 Å². The SMILES string of the molecule is CCOC(=O)N1CCN([C@@H](c2ccccn2)c2c(O)cc(C)n(CC)c2=O)CC1. The second-order valence-electron chi connectivity index (χ2n) is 7.01. The zero-order chi connectivity index (χ0) is 21.0. The van der Waals surface area contributed by atoms with Gasteiger partial charge in [-0.05, 0) is 39.0 Å². The first-order valence-electron chi connectivity index (χ1n) is 9.97. The van der Waals surface area contributed by atoms with Crippen LogP contribution in [0.4, 0.5) is 4.79 Å². The Kier molecular flexibility index (Phi) is 6.53. The highest BCUT2D eigenvalue weighted by Gasteiger charge is 2.33. The number of pyridine rings is 2. The van der Waals surface area contributed by atoms with Crippen molar-refractivity contribution in [3.05, 3.63) is 57.8 Å². The van der Waals surface area contributed by atoms with Gasteiger partial charge in [-0.25, -0.2) is 4.79 Å². The van der Waals surface area contributed by atoms with Crippen LogP contribution in [0.5, 0.6) is 5.75 Å². The van der Waals surface area contributed by atoms with Gasteiger partial charge in [-0.3, -0.25) is 14.7 Å². The van der Waals surface area contributed by atoms with E-state index in [-0.39, 0.29) is 17.4 Å². The molecule has 29 heavy (non-hydrogen) atoms. The lowest BCUT2D eigenvalue weighted by Crippen LogP contribution is -2.51. The summed E-state index contributed by atoms with van der Waals surface area (Å²) >= 11 is 0. The molecular weight excluding hydrogens is 372 g/mol. The summed E-state index contributed by atoms with van der Waals surface area (Å²) in [5.74, 6) is -0.0272. The van der Waals surface area contributed by atoms with Gasteiger partial charge in [0.2, 0.25) is 0 Å². The summed E-state index contributed by atoms with van der Waals surface area (Å²) in [6, 6.07) is 6.68. The number of ether oxygens (including phenoxy) is 1. The molecule has 2 aromatic heterocycles. The van der Waals surface area contributed by atoms with Crippen LogP contribution in [0.25, 0.3) is 0 Å². The maximum Gasteiger partial charge on any atom is 0.409 e. The molecular formula is C21H28N4O4. The van der Waals surface area contributed by atoms with E-state index >= 15 is 0 Å². The van der Waals surface area contributed by atoms with Crippen molar-refractivity contribution in [3.8, 4) is 5.75 Å². The van der Waals surface area contributed by atoms with Crippen LogP contribution >= 0.6 is 0 Å². The Balaban J connectivity index is 1.99. The second-order valence-corrected chi connectivity index (χ2v) is 7.01. The van der Waals surface area contributed by atoms with Crippen LogP contribution in [-0.2, 0) is 11.3 Å². The van der Waals surface area contributed by atoms with Crippen molar-refractivity contribution in [1.82, 2.24) is 19.4 Å². The van der Waals surface area contributed by atoms with Crippen molar-refractivity contribution in [2.45, 2.75) is 33.4 Å². The van der Waals surface area contributed by atoms with Gasteiger partial charge < -0.3 is 19.3 Å². The number of hydrogen-bond acceptors (Lipinski definition) is 6. The van der Waals surface area contributed by atoms with Crippen molar-refractivity contribution < 1.29 is 14.6 Å². The molecule has 3 rings (SSSR count). The van der Waals surface area contributed by atoms with Crippen molar-refractivity contribution in [3.63, 3.8) is 0 Å². The van der Waals surface area contributed by atoms with Crippen molar-refractivity contribution in [2.24, 2.45) is 0 Å². The summed E-state index contributed by atoms with van der Waals surface area (Å²) in [6.45, 7) is 8.40. The lowest BCUT2D eigenvalue weighted by atomic mass is 10.00. The molecule has 1 aliphatic rings. The highest BCUT2D eigenvalue weighted by Crippen LogP contribution is 2.32. The Morgan fingerprint density at radius 2 is 1.97 bits per heavy atom. The Morgan fingerprint density at radius 1 is 1.24 bits per heavy atom. The third-order valence-electron chi connectivity index (χ3n) is 5.29. The summed E-state index contributed by atoms with van der Waals surface area (Å²) in [6.07, 6.45) is 1.36. The number of rotatable bonds is 5. The van der Waals surface area contributed by atoms with Crippen LogP contribution in [0.2, 0.25) is 0 Å². The Bertz CT molecular complexity index is 905. The number of amides is 1. The average Bonchev–Trinajstić information content (AvgIpc) is 2.72. The van der Waals surface area contributed by atoms with Crippen molar-refractivity contribution in [2.75, 3.05) is 32.8 Å². The predicted molar refractivity (Wildman–Crippen MR) is 109 cm³/mol. The first-order chi connectivity index (χ1) is 14.0. The van der Waals surface area contributed by atoms with Crippen LogP contribution in [0.1, 0.15) is 36.8 Å². The molecule has 0 unspecified atom stereocenters. The van der Waals surface area contributed by atoms with E-state index in [1.165, 1.54) is 0 Å². The number of carbonyl (C=O) groups excluding carboxylic acids is 1. The van der Waals surface area contributed by atoms with E-state index in [4.69, 9.17) is 4.74 Å². The third-order valence-corrected chi connectivity index (χ3v) is 5.29. The van der Waals surface area contributed by atoms with Gasteiger partial charge in [0.15, 0.2) is 0 Å². The molecule has 0 spiro atoms. The number of aromatic hydroxyl groups is 1.